The van der Waals surface area contributed by atoms with Crippen molar-refractivity contribution in [2.45, 2.75) is 6.92 Å². The topological polar surface area (TPSA) is 108 Å². The lowest BCUT2D eigenvalue weighted by Crippen LogP contribution is -2.26. The van der Waals surface area contributed by atoms with Crippen LogP contribution in [0.15, 0.2) is 12.3 Å². The number of anilines is 1. The molecule has 0 amide bonds. The fraction of sp³-hybridized carbons (Fsp3) is 0.400. The molecule has 0 saturated carbocycles. The quantitative estimate of drug-likeness (QED) is 0.676. The summed E-state index contributed by atoms with van der Waals surface area (Å²) in [6, 6.07) is 1.56. The van der Waals surface area contributed by atoms with E-state index in [1.54, 1.807) is 13.0 Å². The first-order valence-corrected chi connectivity index (χ1v) is 6.86. The van der Waals surface area contributed by atoms with Crippen molar-refractivity contribution in [2.75, 3.05) is 24.7 Å². The van der Waals surface area contributed by atoms with Crippen LogP contribution in [0.25, 0.3) is 0 Å². The van der Waals surface area contributed by atoms with Gasteiger partial charge in [-0.15, -0.1) is 0 Å². The van der Waals surface area contributed by atoms with Crippen LogP contribution in [-0.4, -0.2) is 43.8 Å². The average molecular weight is 273 g/mol. The van der Waals surface area contributed by atoms with E-state index in [0.29, 0.717) is 11.4 Å². The Kier molecular flexibility index (Phi) is 4.62. The Bertz CT molecular complexity index is 542. The minimum Gasteiger partial charge on any atom is -0.478 e. The highest BCUT2D eigenvalue weighted by molar-refractivity contribution is 7.89. The van der Waals surface area contributed by atoms with E-state index in [2.05, 4.69) is 15.0 Å². The van der Waals surface area contributed by atoms with Crippen LogP contribution in [0.5, 0.6) is 0 Å². The molecule has 0 aliphatic carbocycles. The third-order valence-electron chi connectivity index (χ3n) is 2.27. The Labute approximate surface area is 105 Å². The molecule has 0 unspecified atom stereocenters. The van der Waals surface area contributed by atoms with Crippen LogP contribution in [0, 0.1) is 6.92 Å². The lowest BCUT2D eigenvalue weighted by molar-refractivity contribution is 0.0697. The van der Waals surface area contributed by atoms with Crippen LogP contribution in [0.4, 0.5) is 5.69 Å². The zero-order valence-electron chi connectivity index (χ0n) is 10.1. The lowest BCUT2D eigenvalue weighted by Gasteiger charge is -2.10. The molecule has 1 rings (SSSR count). The number of rotatable bonds is 6. The number of sulfonamides is 1. The maximum absolute atomic E-state index is 11.2. The standard InChI is InChI=1S/C10H15N3O4S/c1-7-5-9(8(6-13-7)10(14)15)12-3-4-18(16,17)11-2/h5-6,11H,3-4H2,1-2H3,(H,12,13)(H,14,15). The average Bonchev–Trinajstić information content (AvgIpc) is 2.28. The van der Waals surface area contributed by atoms with Gasteiger partial charge in [-0.1, -0.05) is 0 Å². The van der Waals surface area contributed by atoms with Crippen molar-refractivity contribution in [2.24, 2.45) is 0 Å². The Balaban J connectivity index is 2.78. The molecule has 0 aromatic carbocycles. The Hall–Kier alpha value is -1.67. The highest BCUT2D eigenvalue weighted by Crippen LogP contribution is 2.15. The second kappa shape index (κ2) is 5.78. The number of nitrogens with zero attached hydrogens (tertiary/aromatic N) is 1. The molecular formula is C10H15N3O4S. The first-order valence-electron chi connectivity index (χ1n) is 5.21. The first kappa shape index (κ1) is 14.4. The lowest BCUT2D eigenvalue weighted by atomic mass is 10.2. The minimum absolute atomic E-state index is 0.0162. The van der Waals surface area contributed by atoms with Gasteiger partial charge in [0.25, 0.3) is 0 Å². The molecule has 1 aromatic rings. The van der Waals surface area contributed by atoms with Gasteiger partial charge in [0.05, 0.1) is 11.4 Å². The third kappa shape index (κ3) is 3.97. The van der Waals surface area contributed by atoms with E-state index < -0.39 is 16.0 Å². The molecule has 8 heteroatoms. The van der Waals surface area contributed by atoms with E-state index in [0.717, 1.165) is 0 Å². The number of hydrogen-bond acceptors (Lipinski definition) is 5. The van der Waals surface area contributed by atoms with Gasteiger partial charge in [-0.2, -0.15) is 0 Å². The maximum atomic E-state index is 11.2. The van der Waals surface area contributed by atoms with Crippen LogP contribution < -0.4 is 10.0 Å². The maximum Gasteiger partial charge on any atom is 0.339 e. The fourth-order valence-electron chi connectivity index (χ4n) is 1.30. The molecular weight excluding hydrogens is 258 g/mol. The Morgan fingerprint density at radius 3 is 2.72 bits per heavy atom. The second-order valence-electron chi connectivity index (χ2n) is 3.63. The Morgan fingerprint density at radius 2 is 2.17 bits per heavy atom. The summed E-state index contributed by atoms with van der Waals surface area (Å²) in [7, 11) is -1.98. The second-order valence-corrected chi connectivity index (χ2v) is 5.67. The molecule has 1 heterocycles. The number of carbonyl (C=O) groups is 1. The van der Waals surface area contributed by atoms with Crippen LogP contribution in [0.3, 0.4) is 0 Å². The van der Waals surface area contributed by atoms with E-state index in [1.807, 2.05) is 0 Å². The molecule has 0 spiro atoms. The highest BCUT2D eigenvalue weighted by atomic mass is 32.2. The molecule has 7 nitrogen and oxygen atoms in total. The van der Waals surface area contributed by atoms with E-state index in [9.17, 15) is 13.2 Å². The fourth-order valence-corrected chi connectivity index (χ4v) is 1.87. The van der Waals surface area contributed by atoms with Crippen LogP contribution >= 0.6 is 0 Å². The molecule has 0 bridgehead atoms. The predicted molar refractivity (Wildman–Crippen MR) is 67.3 cm³/mol. The van der Waals surface area contributed by atoms with Gasteiger partial charge < -0.3 is 10.4 Å². The normalized spacial score (nSPS) is 11.2. The van der Waals surface area contributed by atoms with Crippen molar-refractivity contribution >= 4 is 21.7 Å². The van der Waals surface area contributed by atoms with E-state index in [-0.39, 0.29) is 17.9 Å². The smallest absolute Gasteiger partial charge is 0.339 e. The molecule has 100 valence electrons. The summed E-state index contributed by atoms with van der Waals surface area (Å²) in [5, 5.41) is 11.7. The SMILES string of the molecule is CNS(=O)(=O)CCNc1cc(C)ncc1C(=O)O. The summed E-state index contributed by atoms with van der Waals surface area (Å²) in [6.45, 7) is 1.84. The summed E-state index contributed by atoms with van der Waals surface area (Å²) >= 11 is 0. The zero-order valence-corrected chi connectivity index (χ0v) is 10.9. The van der Waals surface area contributed by atoms with Crippen molar-refractivity contribution in [1.29, 1.82) is 0 Å². The number of carboxylic acids is 1. The molecule has 0 aliphatic rings. The van der Waals surface area contributed by atoms with E-state index in [4.69, 9.17) is 5.11 Å². The zero-order chi connectivity index (χ0) is 13.8. The molecule has 0 radical (unpaired) electrons. The van der Waals surface area contributed by atoms with Gasteiger partial charge in [0.2, 0.25) is 10.0 Å². The van der Waals surface area contributed by atoms with Gasteiger partial charge in [-0.3, -0.25) is 4.98 Å². The predicted octanol–water partition coefficient (Wildman–Crippen LogP) is 0.0493. The number of carboxylic acid groups (broad SMARTS) is 1. The molecule has 18 heavy (non-hydrogen) atoms. The number of hydrogen-bond donors (Lipinski definition) is 3. The molecule has 0 aliphatic heterocycles. The van der Waals surface area contributed by atoms with Gasteiger partial charge in [0.1, 0.15) is 5.56 Å². The largest absolute Gasteiger partial charge is 0.478 e. The minimum atomic E-state index is -3.31. The van der Waals surface area contributed by atoms with Gasteiger partial charge in [0.15, 0.2) is 0 Å². The Morgan fingerprint density at radius 1 is 1.50 bits per heavy atom. The van der Waals surface area contributed by atoms with Crippen molar-refractivity contribution in [3.05, 3.63) is 23.5 Å². The number of nitrogens with one attached hydrogen (secondary N) is 2. The van der Waals surface area contributed by atoms with Crippen LogP contribution in [0.1, 0.15) is 16.1 Å². The molecule has 0 saturated heterocycles. The van der Waals surface area contributed by atoms with Gasteiger partial charge in [-0.25, -0.2) is 17.9 Å². The molecule has 1 aromatic heterocycles. The number of aromatic nitrogens is 1. The van der Waals surface area contributed by atoms with Gasteiger partial charge in [0, 0.05) is 18.4 Å². The van der Waals surface area contributed by atoms with Crippen molar-refractivity contribution < 1.29 is 18.3 Å². The third-order valence-corrected chi connectivity index (χ3v) is 3.63. The number of pyridine rings is 1. The van der Waals surface area contributed by atoms with Gasteiger partial charge >= 0.3 is 5.97 Å². The van der Waals surface area contributed by atoms with Crippen molar-refractivity contribution in [3.63, 3.8) is 0 Å². The van der Waals surface area contributed by atoms with E-state index >= 15 is 0 Å². The first-order chi connectivity index (χ1) is 8.35. The summed E-state index contributed by atoms with van der Waals surface area (Å²) in [4.78, 5) is 14.8. The van der Waals surface area contributed by atoms with Gasteiger partial charge in [-0.05, 0) is 20.0 Å². The van der Waals surface area contributed by atoms with Crippen LogP contribution in [0.2, 0.25) is 0 Å². The number of aromatic carboxylic acids is 1. The summed E-state index contributed by atoms with van der Waals surface area (Å²) < 4.78 is 24.6. The van der Waals surface area contributed by atoms with Crippen molar-refractivity contribution in [1.82, 2.24) is 9.71 Å². The molecule has 3 N–H and O–H groups in total. The summed E-state index contributed by atoms with van der Waals surface area (Å²) in [6.07, 6.45) is 1.24. The van der Waals surface area contributed by atoms with Crippen LogP contribution in [-0.2, 0) is 10.0 Å². The van der Waals surface area contributed by atoms with Crippen molar-refractivity contribution in [3.8, 4) is 0 Å². The highest BCUT2D eigenvalue weighted by Gasteiger charge is 2.12. The number of aryl methyl sites for hydroxylation is 1. The molecule has 0 atom stereocenters. The monoisotopic (exact) mass is 273 g/mol. The molecule has 0 fully saturated rings. The summed E-state index contributed by atoms with van der Waals surface area (Å²) in [5.41, 5.74) is 1.03. The summed E-state index contributed by atoms with van der Waals surface area (Å²) in [5.74, 6) is -1.24. The van der Waals surface area contributed by atoms with E-state index in [1.165, 1.54) is 13.2 Å².